The quantitative estimate of drug-likeness (QED) is 0.872. The predicted molar refractivity (Wildman–Crippen MR) is 74.8 cm³/mol. The monoisotopic (exact) mass is 277 g/mol. The van der Waals surface area contributed by atoms with Crippen molar-refractivity contribution in [1.82, 2.24) is 15.0 Å². The molecule has 1 N–H and O–H groups in total. The summed E-state index contributed by atoms with van der Waals surface area (Å²) in [6, 6.07) is 5.60. The summed E-state index contributed by atoms with van der Waals surface area (Å²) in [6.07, 6.45) is 0.939. The minimum atomic E-state index is -0.145. The molecule has 0 radical (unpaired) electrons. The molecule has 1 aromatic carbocycles. The number of hydrogen-bond acceptors (Lipinski definition) is 5. The van der Waals surface area contributed by atoms with Crippen molar-refractivity contribution >= 4 is 0 Å². The van der Waals surface area contributed by atoms with Gasteiger partial charge in [0.2, 0.25) is 0 Å². The number of aliphatic hydroxyl groups is 1. The van der Waals surface area contributed by atoms with Crippen LogP contribution in [0.4, 0.5) is 0 Å². The molecule has 6 heteroatoms. The first kappa shape index (κ1) is 14.3. The van der Waals surface area contributed by atoms with E-state index in [9.17, 15) is 5.11 Å². The van der Waals surface area contributed by atoms with E-state index < -0.39 is 0 Å². The van der Waals surface area contributed by atoms with E-state index in [-0.39, 0.29) is 6.61 Å². The van der Waals surface area contributed by atoms with Gasteiger partial charge in [0.15, 0.2) is 11.5 Å². The van der Waals surface area contributed by atoms with Gasteiger partial charge < -0.3 is 14.6 Å². The number of hydrogen-bond donors (Lipinski definition) is 1. The Morgan fingerprint density at radius 2 is 1.95 bits per heavy atom. The zero-order chi connectivity index (χ0) is 14.5. The molecule has 0 atom stereocenters. The second kappa shape index (κ2) is 6.38. The van der Waals surface area contributed by atoms with E-state index in [4.69, 9.17) is 9.47 Å². The van der Waals surface area contributed by atoms with Crippen molar-refractivity contribution in [2.24, 2.45) is 0 Å². The molecule has 0 bridgehead atoms. The summed E-state index contributed by atoms with van der Waals surface area (Å²) in [4.78, 5) is 0. The molecule has 2 aromatic rings. The Morgan fingerprint density at radius 3 is 2.55 bits per heavy atom. The summed E-state index contributed by atoms with van der Waals surface area (Å²) >= 11 is 0. The minimum Gasteiger partial charge on any atom is -0.493 e. The Labute approximate surface area is 117 Å². The summed E-state index contributed by atoms with van der Waals surface area (Å²) in [5.74, 6) is 1.30. The first-order valence-corrected chi connectivity index (χ1v) is 6.50. The molecular formula is C14H19N3O3. The van der Waals surface area contributed by atoms with Crippen molar-refractivity contribution in [3.63, 3.8) is 0 Å². The highest BCUT2D eigenvalue weighted by molar-refractivity contribution is 5.66. The van der Waals surface area contributed by atoms with E-state index >= 15 is 0 Å². The van der Waals surface area contributed by atoms with Gasteiger partial charge in [0.1, 0.15) is 5.69 Å². The normalized spacial score (nSPS) is 10.6. The molecule has 20 heavy (non-hydrogen) atoms. The van der Waals surface area contributed by atoms with Gasteiger partial charge in [-0.05, 0) is 24.6 Å². The molecule has 0 aliphatic heterocycles. The van der Waals surface area contributed by atoms with Crippen molar-refractivity contribution in [3.8, 4) is 22.8 Å². The first-order chi connectivity index (χ1) is 9.74. The van der Waals surface area contributed by atoms with Gasteiger partial charge in [0, 0.05) is 12.1 Å². The molecule has 0 spiro atoms. The number of nitrogens with zero attached hydrogens (tertiary/aromatic N) is 3. The molecule has 6 nitrogen and oxygen atoms in total. The number of benzene rings is 1. The number of aliphatic hydroxyl groups excluding tert-OH is 1. The van der Waals surface area contributed by atoms with Crippen LogP contribution in [-0.4, -0.2) is 34.3 Å². The lowest BCUT2D eigenvalue weighted by Crippen LogP contribution is -2.03. The van der Waals surface area contributed by atoms with Crippen molar-refractivity contribution in [3.05, 3.63) is 23.9 Å². The SMILES string of the molecule is CCCn1nnc(CO)c1-c1ccc(OC)c(OC)c1. The highest BCUT2D eigenvalue weighted by Gasteiger charge is 2.16. The highest BCUT2D eigenvalue weighted by atomic mass is 16.5. The molecule has 2 rings (SSSR count). The van der Waals surface area contributed by atoms with Crippen LogP contribution in [0.2, 0.25) is 0 Å². The van der Waals surface area contributed by atoms with Gasteiger partial charge in [0.25, 0.3) is 0 Å². The van der Waals surface area contributed by atoms with E-state index in [1.807, 2.05) is 18.2 Å². The maximum atomic E-state index is 9.42. The molecular weight excluding hydrogens is 258 g/mol. The molecule has 0 aliphatic carbocycles. The second-order valence-corrected chi connectivity index (χ2v) is 4.34. The molecule has 108 valence electrons. The molecule has 0 amide bonds. The van der Waals surface area contributed by atoms with E-state index in [0.29, 0.717) is 17.2 Å². The summed E-state index contributed by atoms with van der Waals surface area (Å²) in [5.41, 5.74) is 2.27. The van der Waals surface area contributed by atoms with Crippen LogP contribution in [0.15, 0.2) is 18.2 Å². The Hall–Kier alpha value is -2.08. The van der Waals surface area contributed by atoms with Gasteiger partial charge in [-0.15, -0.1) is 5.10 Å². The Morgan fingerprint density at radius 1 is 1.20 bits per heavy atom. The second-order valence-electron chi connectivity index (χ2n) is 4.34. The highest BCUT2D eigenvalue weighted by Crippen LogP contribution is 2.33. The standard InChI is InChI=1S/C14H19N3O3/c1-4-7-17-14(11(9-18)15-16-17)10-5-6-12(19-2)13(8-10)20-3/h5-6,8,18H,4,7,9H2,1-3H3. The van der Waals surface area contributed by atoms with Gasteiger partial charge in [-0.25, -0.2) is 4.68 Å². The molecule has 0 unspecified atom stereocenters. The topological polar surface area (TPSA) is 69.4 Å². The van der Waals surface area contributed by atoms with Gasteiger partial charge in [-0.3, -0.25) is 0 Å². The lowest BCUT2D eigenvalue weighted by molar-refractivity contribution is 0.277. The number of aryl methyl sites for hydroxylation is 1. The smallest absolute Gasteiger partial charge is 0.161 e. The lowest BCUT2D eigenvalue weighted by Gasteiger charge is -2.11. The summed E-state index contributed by atoms with van der Waals surface area (Å²) in [6.45, 7) is 2.67. The van der Waals surface area contributed by atoms with Crippen molar-refractivity contribution < 1.29 is 14.6 Å². The lowest BCUT2D eigenvalue weighted by atomic mass is 10.1. The van der Waals surface area contributed by atoms with Crippen molar-refractivity contribution in [2.45, 2.75) is 26.5 Å². The van der Waals surface area contributed by atoms with Crippen LogP contribution < -0.4 is 9.47 Å². The molecule has 0 fully saturated rings. The maximum absolute atomic E-state index is 9.42. The van der Waals surface area contributed by atoms with Gasteiger partial charge in [-0.2, -0.15) is 0 Å². The van der Waals surface area contributed by atoms with Crippen molar-refractivity contribution in [1.29, 1.82) is 0 Å². The largest absolute Gasteiger partial charge is 0.493 e. The van der Waals surface area contributed by atoms with Crippen LogP contribution in [0, 0.1) is 0 Å². The molecule has 0 saturated heterocycles. The average Bonchev–Trinajstić information content (AvgIpc) is 2.89. The number of methoxy groups -OCH3 is 2. The van der Waals surface area contributed by atoms with Crippen LogP contribution in [0.25, 0.3) is 11.3 Å². The van der Waals surface area contributed by atoms with Crippen molar-refractivity contribution in [2.75, 3.05) is 14.2 Å². The van der Waals surface area contributed by atoms with Crippen LogP contribution in [0.5, 0.6) is 11.5 Å². The fourth-order valence-electron chi connectivity index (χ4n) is 2.12. The minimum absolute atomic E-state index is 0.145. The summed E-state index contributed by atoms with van der Waals surface area (Å²) < 4.78 is 12.3. The number of rotatable bonds is 6. The predicted octanol–water partition coefficient (Wildman–Crippen LogP) is 1.86. The zero-order valence-corrected chi connectivity index (χ0v) is 12.0. The maximum Gasteiger partial charge on any atom is 0.161 e. The molecule has 0 saturated carbocycles. The van der Waals surface area contributed by atoms with E-state index in [1.54, 1.807) is 18.9 Å². The van der Waals surface area contributed by atoms with Crippen LogP contribution >= 0.6 is 0 Å². The third-order valence-corrected chi connectivity index (χ3v) is 3.05. The summed E-state index contributed by atoms with van der Waals surface area (Å²) in [5, 5.41) is 17.5. The van der Waals surface area contributed by atoms with Crippen LogP contribution in [0.3, 0.4) is 0 Å². The molecule has 1 aromatic heterocycles. The van der Waals surface area contributed by atoms with Gasteiger partial charge in [0.05, 0.1) is 26.5 Å². The van der Waals surface area contributed by atoms with E-state index in [1.165, 1.54) is 0 Å². The Kier molecular flexibility index (Phi) is 4.57. The van der Waals surface area contributed by atoms with Gasteiger partial charge >= 0.3 is 0 Å². The first-order valence-electron chi connectivity index (χ1n) is 6.50. The van der Waals surface area contributed by atoms with E-state index in [2.05, 4.69) is 17.2 Å². The van der Waals surface area contributed by atoms with Crippen LogP contribution in [-0.2, 0) is 13.2 Å². The summed E-state index contributed by atoms with van der Waals surface area (Å²) in [7, 11) is 3.19. The number of aromatic nitrogens is 3. The van der Waals surface area contributed by atoms with Crippen LogP contribution in [0.1, 0.15) is 19.0 Å². The average molecular weight is 277 g/mol. The van der Waals surface area contributed by atoms with E-state index in [0.717, 1.165) is 24.2 Å². The third-order valence-electron chi connectivity index (χ3n) is 3.05. The molecule has 1 heterocycles. The zero-order valence-electron chi connectivity index (χ0n) is 12.0. The Bertz CT molecular complexity index is 581. The fourth-order valence-corrected chi connectivity index (χ4v) is 2.12. The van der Waals surface area contributed by atoms with Gasteiger partial charge in [-0.1, -0.05) is 12.1 Å². The third kappa shape index (κ3) is 2.60. The number of ether oxygens (including phenoxy) is 2. The molecule has 0 aliphatic rings. The fraction of sp³-hybridized carbons (Fsp3) is 0.429. The Balaban J connectivity index is 2.52.